The monoisotopic (exact) mass is 337 g/mol. The predicted octanol–water partition coefficient (Wildman–Crippen LogP) is 3.71. The SMILES string of the molecule is CC1=C(C)[C@@H](Nc2cccc([N+](=O)[O-])c2)N(Cc2ccccc2)C1=O. The molecule has 0 saturated heterocycles. The van der Waals surface area contributed by atoms with Gasteiger partial charge in [-0.15, -0.1) is 0 Å². The predicted molar refractivity (Wildman–Crippen MR) is 95.9 cm³/mol. The molecule has 3 rings (SSSR count). The molecule has 128 valence electrons. The average Bonchev–Trinajstić information content (AvgIpc) is 2.81. The minimum Gasteiger partial charge on any atom is -0.361 e. The highest BCUT2D eigenvalue weighted by atomic mass is 16.6. The number of nitro benzene ring substituents is 1. The number of nitrogens with zero attached hydrogens (tertiary/aromatic N) is 2. The van der Waals surface area contributed by atoms with E-state index in [4.69, 9.17) is 0 Å². The molecule has 0 saturated carbocycles. The van der Waals surface area contributed by atoms with Crippen molar-refractivity contribution >= 4 is 17.3 Å². The quantitative estimate of drug-likeness (QED) is 0.666. The van der Waals surface area contributed by atoms with Gasteiger partial charge < -0.3 is 10.2 Å². The number of carbonyl (C=O) groups is 1. The van der Waals surface area contributed by atoms with Gasteiger partial charge in [0, 0.05) is 29.9 Å². The Kier molecular flexibility index (Phi) is 4.52. The van der Waals surface area contributed by atoms with Crippen LogP contribution in [0.1, 0.15) is 19.4 Å². The van der Waals surface area contributed by atoms with Gasteiger partial charge in [0.2, 0.25) is 0 Å². The minimum absolute atomic E-state index is 0.0160. The Labute approximate surface area is 145 Å². The fourth-order valence-electron chi connectivity index (χ4n) is 2.94. The van der Waals surface area contributed by atoms with Gasteiger partial charge in [-0.2, -0.15) is 0 Å². The van der Waals surface area contributed by atoms with E-state index in [1.807, 2.05) is 44.2 Å². The van der Waals surface area contributed by atoms with E-state index < -0.39 is 4.92 Å². The van der Waals surface area contributed by atoms with Crippen LogP contribution in [-0.2, 0) is 11.3 Å². The van der Waals surface area contributed by atoms with Crippen molar-refractivity contribution in [2.75, 3.05) is 5.32 Å². The van der Waals surface area contributed by atoms with Gasteiger partial charge in [-0.05, 0) is 31.1 Å². The molecule has 0 radical (unpaired) electrons. The Hall–Kier alpha value is -3.15. The number of hydrogen-bond acceptors (Lipinski definition) is 4. The first-order valence-corrected chi connectivity index (χ1v) is 8.00. The molecule has 0 aliphatic carbocycles. The van der Waals surface area contributed by atoms with Gasteiger partial charge in [0.05, 0.1) is 4.92 Å². The molecular weight excluding hydrogens is 318 g/mol. The molecular formula is C19H19N3O3. The van der Waals surface area contributed by atoms with Crippen LogP contribution >= 0.6 is 0 Å². The van der Waals surface area contributed by atoms with Crippen LogP contribution in [0.15, 0.2) is 65.7 Å². The zero-order valence-corrected chi connectivity index (χ0v) is 14.1. The summed E-state index contributed by atoms with van der Waals surface area (Å²) in [4.78, 5) is 24.9. The van der Waals surface area contributed by atoms with Gasteiger partial charge in [-0.1, -0.05) is 36.4 Å². The number of amides is 1. The molecule has 0 aromatic heterocycles. The van der Waals surface area contributed by atoms with Gasteiger partial charge in [-0.25, -0.2) is 0 Å². The Morgan fingerprint density at radius 1 is 1.12 bits per heavy atom. The highest BCUT2D eigenvalue weighted by molar-refractivity contribution is 5.97. The topological polar surface area (TPSA) is 75.5 Å². The molecule has 1 N–H and O–H groups in total. The van der Waals surface area contributed by atoms with Crippen molar-refractivity contribution < 1.29 is 9.72 Å². The van der Waals surface area contributed by atoms with Crippen molar-refractivity contribution in [2.45, 2.75) is 26.6 Å². The Bertz CT molecular complexity index is 846. The molecule has 1 atom stereocenters. The fourth-order valence-corrected chi connectivity index (χ4v) is 2.94. The maximum atomic E-state index is 12.6. The lowest BCUT2D eigenvalue weighted by Crippen LogP contribution is -2.40. The van der Waals surface area contributed by atoms with E-state index in [0.717, 1.165) is 11.1 Å². The summed E-state index contributed by atoms with van der Waals surface area (Å²) in [5.74, 6) is -0.0238. The molecule has 2 aromatic rings. The Balaban J connectivity index is 1.87. The summed E-state index contributed by atoms with van der Waals surface area (Å²) in [5, 5.41) is 14.2. The van der Waals surface area contributed by atoms with Gasteiger partial charge >= 0.3 is 0 Å². The number of carbonyl (C=O) groups excluding carboxylic acids is 1. The van der Waals surface area contributed by atoms with Gasteiger partial charge in [0.15, 0.2) is 0 Å². The smallest absolute Gasteiger partial charge is 0.271 e. The number of rotatable bonds is 5. The van der Waals surface area contributed by atoms with Crippen LogP contribution in [0.5, 0.6) is 0 Å². The van der Waals surface area contributed by atoms with E-state index in [1.54, 1.807) is 17.0 Å². The van der Waals surface area contributed by atoms with E-state index in [-0.39, 0.29) is 17.8 Å². The first-order valence-electron chi connectivity index (χ1n) is 8.00. The number of nitrogens with one attached hydrogen (secondary N) is 1. The van der Waals surface area contributed by atoms with Crippen LogP contribution in [0.3, 0.4) is 0 Å². The molecule has 6 heteroatoms. The third-order valence-electron chi connectivity index (χ3n) is 4.45. The van der Waals surface area contributed by atoms with Crippen molar-refractivity contribution in [1.29, 1.82) is 0 Å². The molecule has 0 bridgehead atoms. The summed E-state index contributed by atoms with van der Waals surface area (Å²) < 4.78 is 0. The van der Waals surface area contributed by atoms with Crippen molar-refractivity contribution in [1.82, 2.24) is 4.90 Å². The third-order valence-corrected chi connectivity index (χ3v) is 4.45. The van der Waals surface area contributed by atoms with E-state index in [9.17, 15) is 14.9 Å². The van der Waals surface area contributed by atoms with Crippen LogP contribution in [0.4, 0.5) is 11.4 Å². The van der Waals surface area contributed by atoms with Crippen LogP contribution in [0.25, 0.3) is 0 Å². The molecule has 1 amide bonds. The normalized spacial score (nSPS) is 17.1. The summed E-state index contributed by atoms with van der Waals surface area (Å²) in [7, 11) is 0. The summed E-state index contributed by atoms with van der Waals surface area (Å²) >= 11 is 0. The Morgan fingerprint density at radius 3 is 2.52 bits per heavy atom. The molecule has 2 aromatic carbocycles. The lowest BCUT2D eigenvalue weighted by Gasteiger charge is -2.28. The van der Waals surface area contributed by atoms with Crippen LogP contribution in [-0.4, -0.2) is 21.9 Å². The maximum absolute atomic E-state index is 12.6. The van der Waals surface area contributed by atoms with Crippen LogP contribution in [0, 0.1) is 10.1 Å². The summed E-state index contributed by atoms with van der Waals surface area (Å²) in [6.07, 6.45) is -0.324. The first-order chi connectivity index (χ1) is 12.0. The second-order valence-electron chi connectivity index (χ2n) is 6.08. The van der Waals surface area contributed by atoms with Crippen molar-refractivity contribution in [3.05, 3.63) is 81.4 Å². The zero-order chi connectivity index (χ0) is 18.0. The second-order valence-corrected chi connectivity index (χ2v) is 6.08. The van der Waals surface area contributed by atoms with Crippen LogP contribution in [0.2, 0.25) is 0 Å². The third kappa shape index (κ3) is 3.38. The summed E-state index contributed by atoms with van der Waals surface area (Å²) in [6, 6.07) is 16.1. The Morgan fingerprint density at radius 2 is 1.84 bits per heavy atom. The lowest BCUT2D eigenvalue weighted by molar-refractivity contribution is -0.384. The summed E-state index contributed by atoms with van der Waals surface area (Å²) in [6.45, 7) is 4.19. The largest absolute Gasteiger partial charge is 0.361 e. The number of hydrogen-bond donors (Lipinski definition) is 1. The lowest BCUT2D eigenvalue weighted by atomic mass is 10.1. The van der Waals surface area contributed by atoms with E-state index in [2.05, 4.69) is 5.32 Å². The standard InChI is InChI=1S/C19H19N3O3/c1-13-14(2)19(23)21(12-15-7-4-3-5-8-15)18(13)20-16-9-6-10-17(11-16)22(24)25/h3-11,18,20H,12H2,1-2H3/t18-/m0/s1. The number of nitro groups is 1. The van der Waals surface area contributed by atoms with Gasteiger partial charge in [-0.3, -0.25) is 14.9 Å². The van der Waals surface area contributed by atoms with Crippen molar-refractivity contribution in [2.24, 2.45) is 0 Å². The maximum Gasteiger partial charge on any atom is 0.271 e. The minimum atomic E-state index is -0.430. The number of non-ortho nitro benzene ring substituents is 1. The molecule has 1 aliphatic rings. The van der Waals surface area contributed by atoms with E-state index >= 15 is 0 Å². The van der Waals surface area contributed by atoms with Crippen LogP contribution < -0.4 is 5.32 Å². The molecule has 1 aliphatic heterocycles. The zero-order valence-electron chi connectivity index (χ0n) is 14.1. The average molecular weight is 337 g/mol. The molecule has 6 nitrogen and oxygen atoms in total. The van der Waals surface area contributed by atoms with Gasteiger partial charge in [0.25, 0.3) is 11.6 Å². The summed E-state index contributed by atoms with van der Waals surface area (Å²) in [5.41, 5.74) is 3.29. The van der Waals surface area contributed by atoms with Gasteiger partial charge in [0.1, 0.15) is 6.17 Å². The molecule has 0 spiro atoms. The molecule has 25 heavy (non-hydrogen) atoms. The highest BCUT2D eigenvalue weighted by Gasteiger charge is 2.34. The number of benzene rings is 2. The second kappa shape index (κ2) is 6.76. The highest BCUT2D eigenvalue weighted by Crippen LogP contribution is 2.29. The number of anilines is 1. The molecule has 1 heterocycles. The van der Waals surface area contributed by atoms with Crippen molar-refractivity contribution in [3.8, 4) is 0 Å². The molecule has 0 unspecified atom stereocenters. The van der Waals surface area contributed by atoms with Crippen molar-refractivity contribution in [3.63, 3.8) is 0 Å². The fraction of sp³-hybridized carbons (Fsp3) is 0.211. The van der Waals surface area contributed by atoms with E-state index in [0.29, 0.717) is 17.8 Å². The van der Waals surface area contributed by atoms with E-state index in [1.165, 1.54) is 12.1 Å². The molecule has 0 fully saturated rings. The first kappa shape index (κ1) is 16.7.